The van der Waals surface area contributed by atoms with Gasteiger partial charge in [0.2, 0.25) is 5.91 Å². The summed E-state index contributed by atoms with van der Waals surface area (Å²) in [6, 6.07) is 10.6. The number of benzene rings is 2. The highest BCUT2D eigenvalue weighted by molar-refractivity contribution is 5.97. The molecule has 142 valence electrons. The summed E-state index contributed by atoms with van der Waals surface area (Å²) in [4.78, 5) is 26.1. The Morgan fingerprint density at radius 2 is 1.85 bits per heavy atom. The third kappa shape index (κ3) is 4.05. The molecule has 1 heterocycles. The zero-order chi connectivity index (χ0) is 19.4. The van der Waals surface area contributed by atoms with Gasteiger partial charge in [-0.15, -0.1) is 0 Å². The van der Waals surface area contributed by atoms with E-state index >= 15 is 0 Å². The summed E-state index contributed by atoms with van der Waals surface area (Å²) in [5, 5.41) is 0. The third-order valence-corrected chi connectivity index (χ3v) is 4.67. The van der Waals surface area contributed by atoms with Gasteiger partial charge in [0.05, 0.1) is 19.8 Å². The first-order chi connectivity index (χ1) is 13.0. The van der Waals surface area contributed by atoms with Crippen LogP contribution >= 0.6 is 0 Å². The standard InChI is InChI=1S/C21H23NO5/c1-14-10-18(25-2)19(26-3)12-16(14)13-27-21(24)15-6-4-7-17(11-15)22-9-5-8-20(22)23/h4,6-7,10-12H,5,8-9,13H2,1-3H3. The molecule has 0 unspecified atom stereocenters. The van der Waals surface area contributed by atoms with E-state index in [2.05, 4.69) is 0 Å². The van der Waals surface area contributed by atoms with Crippen LogP contribution in [0.25, 0.3) is 0 Å². The van der Waals surface area contributed by atoms with Crippen molar-refractivity contribution in [3.63, 3.8) is 0 Å². The number of hydrogen-bond acceptors (Lipinski definition) is 5. The molecule has 0 radical (unpaired) electrons. The van der Waals surface area contributed by atoms with E-state index in [9.17, 15) is 9.59 Å². The fourth-order valence-electron chi connectivity index (χ4n) is 3.13. The first-order valence-electron chi connectivity index (χ1n) is 8.82. The van der Waals surface area contributed by atoms with Crippen molar-refractivity contribution >= 4 is 17.6 Å². The number of anilines is 1. The lowest BCUT2D eigenvalue weighted by atomic mass is 10.1. The summed E-state index contributed by atoms with van der Waals surface area (Å²) >= 11 is 0. The molecule has 27 heavy (non-hydrogen) atoms. The number of carbonyl (C=O) groups is 2. The molecule has 2 aromatic carbocycles. The molecule has 0 atom stereocenters. The fraction of sp³-hybridized carbons (Fsp3) is 0.333. The lowest BCUT2D eigenvalue weighted by Crippen LogP contribution is -2.23. The van der Waals surface area contributed by atoms with Gasteiger partial charge in [0.1, 0.15) is 6.61 Å². The normalized spacial score (nSPS) is 13.6. The second-order valence-corrected chi connectivity index (χ2v) is 6.41. The lowest BCUT2D eigenvalue weighted by Gasteiger charge is -2.16. The van der Waals surface area contributed by atoms with Crippen molar-refractivity contribution < 1.29 is 23.8 Å². The summed E-state index contributed by atoms with van der Waals surface area (Å²) in [6.45, 7) is 2.73. The van der Waals surface area contributed by atoms with Gasteiger partial charge in [-0.1, -0.05) is 6.07 Å². The van der Waals surface area contributed by atoms with Crippen molar-refractivity contribution in [3.8, 4) is 11.5 Å². The van der Waals surface area contributed by atoms with Crippen molar-refractivity contribution in [2.75, 3.05) is 25.7 Å². The molecule has 0 spiro atoms. The van der Waals surface area contributed by atoms with Crippen LogP contribution in [0.3, 0.4) is 0 Å². The van der Waals surface area contributed by atoms with Crippen molar-refractivity contribution in [1.82, 2.24) is 0 Å². The smallest absolute Gasteiger partial charge is 0.338 e. The number of nitrogens with zero attached hydrogens (tertiary/aromatic N) is 1. The van der Waals surface area contributed by atoms with E-state index in [4.69, 9.17) is 14.2 Å². The molecule has 0 bridgehead atoms. The zero-order valence-corrected chi connectivity index (χ0v) is 15.8. The Hall–Kier alpha value is -3.02. The van der Waals surface area contributed by atoms with Gasteiger partial charge in [-0.05, 0) is 54.8 Å². The summed E-state index contributed by atoms with van der Waals surface area (Å²) in [6.07, 6.45) is 1.39. The lowest BCUT2D eigenvalue weighted by molar-refractivity contribution is -0.117. The Kier molecular flexibility index (Phi) is 5.64. The zero-order valence-electron chi connectivity index (χ0n) is 15.8. The van der Waals surface area contributed by atoms with Gasteiger partial charge in [0.25, 0.3) is 0 Å². The summed E-state index contributed by atoms with van der Waals surface area (Å²) in [5.41, 5.74) is 2.93. The maximum atomic E-state index is 12.5. The summed E-state index contributed by atoms with van der Waals surface area (Å²) < 4.78 is 16.0. The van der Waals surface area contributed by atoms with Crippen molar-refractivity contribution in [2.24, 2.45) is 0 Å². The second kappa shape index (κ2) is 8.12. The minimum atomic E-state index is -0.433. The Labute approximate surface area is 158 Å². The number of ether oxygens (including phenoxy) is 3. The monoisotopic (exact) mass is 369 g/mol. The van der Waals surface area contributed by atoms with Crippen molar-refractivity contribution in [1.29, 1.82) is 0 Å². The first kappa shape index (κ1) is 18.8. The number of hydrogen-bond donors (Lipinski definition) is 0. The number of rotatable bonds is 6. The fourth-order valence-corrected chi connectivity index (χ4v) is 3.13. The molecule has 1 aliphatic heterocycles. The Morgan fingerprint density at radius 3 is 2.52 bits per heavy atom. The summed E-state index contributed by atoms with van der Waals surface area (Å²) in [5.74, 6) is 0.871. The van der Waals surface area contributed by atoms with Gasteiger partial charge in [-0.3, -0.25) is 4.79 Å². The quantitative estimate of drug-likeness (QED) is 0.729. The van der Waals surface area contributed by atoms with Crippen LogP contribution in [-0.2, 0) is 16.1 Å². The number of methoxy groups -OCH3 is 2. The topological polar surface area (TPSA) is 65.1 Å². The van der Waals surface area contributed by atoms with Crippen LogP contribution in [0.2, 0.25) is 0 Å². The van der Waals surface area contributed by atoms with E-state index in [1.165, 1.54) is 0 Å². The van der Waals surface area contributed by atoms with E-state index in [1.807, 2.05) is 19.1 Å². The van der Waals surface area contributed by atoms with Crippen molar-refractivity contribution in [2.45, 2.75) is 26.4 Å². The predicted octanol–water partition coefficient (Wildman–Crippen LogP) is 3.50. The Morgan fingerprint density at radius 1 is 1.11 bits per heavy atom. The molecular formula is C21H23NO5. The van der Waals surface area contributed by atoms with E-state index in [0.717, 1.165) is 23.2 Å². The largest absolute Gasteiger partial charge is 0.493 e. The van der Waals surface area contributed by atoms with Crippen LogP contribution in [-0.4, -0.2) is 32.6 Å². The van der Waals surface area contributed by atoms with E-state index < -0.39 is 5.97 Å². The molecule has 0 saturated carbocycles. The van der Waals surface area contributed by atoms with Crippen LogP contribution < -0.4 is 14.4 Å². The molecule has 6 heteroatoms. The minimum absolute atomic E-state index is 0.0847. The van der Waals surface area contributed by atoms with Gasteiger partial charge in [0.15, 0.2) is 11.5 Å². The van der Waals surface area contributed by atoms with Gasteiger partial charge in [-0.25, -0.2) is 4.79 Å². The molecule has 1 aliphatic rings. The highest BCUT2D eigenvalue weighted by Gasteiger charge is 2.22. The van der Waals surface area contributed by atoms with Gasteiger partial charge >= 0.3 is 5.97 Å². The van der Waals surface area contributed by atoms with E-state index in [0.29, 0.717) is 30.0 Å². The highest BCUT2D eigenvalue weighted by Crippen LogP contribution is 2.30. The van der Waals surface area contributed by atoms with Crippen molar-refractivity contribution in [3.05, 3.63) is 53.1 Å². The molecule has 6 nitrogen and oxygen atoms in total. The highest BCUT2D eigenvalue weighted by atomic mass is 16.5. The molecule has 1 amide bonds. The SMILES string of the molecule is COc1cc(C)c(COC(=O)c2cccc(N3CCCC3=O)c2)cc1OC. The number of carbonyl (C=O) groups excluding carboxylic acids is 2. The molecule has 1 saturated heterocycles. The average molecular weight is 369 g/mol. The maximum Gasteiger partial charge on any atom is 0.338 e. The number of esters is 1. The molecule has 0 aromatic heterocycles. The van der Waals surface area contributed by atoms with Crippen LogP contribution in [0, 0.1) is 6.92 Å². The Bertz CT molecular complexity index is 862. The third-order valence-electron chi connectivity index (χ3n) is 4.67. The molecule has 0 aliphatic carbocycles. The second-order valence-electron chi connectivity index (χ2n) is 6.41. The molecule has 0 N–H and O–H groups in total. The van der Waals surface area contributed by atoms with E-state index in [1.54, 1.807) is 43.4 Å². The number of amides is 1. The van der Waals surface area contributed by atoms with Gasteiger partial charge in [0, 0.05) is 18.7 Å². The molecule has 1 fully saturated rings. The van der Waals surface area contributed by atoms with Gasteiger partial charge < -0.3 is 19.1 Å². The molecule has 2 aromatic rings. The van der Waals surface area contributed by atoms with E-state index in [-0.39, 0.29) is 12.5 Å². The van der Waals surface area contributed by atoms with Crippen LogP contribution in [0.4, 0.5) is 5.69 Å². The van der Waals surface area contributed by atoms with Crippen LogP contribution in [0.15, 0.2) is 36.4 Å². The Balaban J connectivity index is 1.72. The van der Waals surface area contributed by atoms with Crippen LogP contribution in [0.5, 0.6) is 11.5 Å². The minimum Gasteiger partial charge on any atom is -0.493 e. The predicted molar refractivity (Wildman–Crippen MR) is 101 cm³/mol. The van der Waals surface area contributed by atoms with Crippen LogP contribution in [0.1, 0.15) is 34.3 Å². The summed E-state index contributed by atoms with van der Waals surface area (Å²) in [7, 11) is 3.14. The maximum absolute atomic E-state index is 12.5. The molecular weight excluding hydrogens is 346 g/mol. The first-order valence-corrected chi connectivity index (χ1v) is 8.82. The number of aryl methyl sites for hydroxylation is 1. The molecule has 3 rings (SSSR count). The van der Waals surface area contributed by atoms with Gasteiger partial charge in [-0.2, -0.15) is 0 Å². The average Bonchev–Trinajstić information content (AvgIpc) is 3.12.